The van der Waals surface area contributed by atoms with Gasteiger partial charge < -0.3 is 18.4 Å². The van der Waals surface area contributed by atoms with Gasteiger partial charge in [0.1, 0.15) is 25.3 Å². The van der Waals surface area contributed by atoms with Crippen LogP contribution in [0.15, 0.2) is 0 Å². The van der Waals surface area contributed by atoms with Crippen LogP contribution in [0.1, 0.15) is 89.9 Å². The van der Waals surface area contributed by atoms with Gasteiger partial charge in [0.15, 0.2) is 0 Å². The molecule has 0 aliphatic carbocycles. The Morgan fingerprint density at radius 3 is 1.20 bits per heavy atom. The molecule has 0 aromatic carbocycles. The molecule has 0 aromatic heterocycles. The Kier molecular flexibility index (Phi) is 12.2. The van der Waals surface area contributed by atoms with E-state index in [1.165, 1.54) is 116 Å². The van der Waals surface area contributed by atoms with Crippen LogP contribution in [0.2, 0.25) is 0 Å². The summed E-state index contributed by atoms with van der Waals surface area (Å²) in [6, 6.07) is 0. The van der Waals surface area contributed by atoms with Crippen LogP contribution >= 0.6 is 0 Å². The first kappa shape index (κ1) is 26.1. The third kappa shape index (κ3) is 12.0. The van der Waals surface area contributed by atoms with Crippen molar-refractivity contribution < 1.29 is 18.4 Å². The normalized spacial score (nSPS) is 26.0. The maximum atomic E-state index is 6.13. The van der Waals surface area contributed by atoms with E-state index >= 15 is 0 Å². The first-order valence-corrected chi connectivity index (χ1v) is 13.2. The molecule has 2 fully saturated rings. The molecular formula is C26H54N2O2+2. The number of unbranched alkanes of at least 4 members (excludes halogenated alkanes) is 9. The van der Waals surface area contributed by atoms with E-state index in [4.69, 9.17) is 9.47 Å². The third-order valence-corrected chi connectivity index (χ3v) is 7.22. The number of quaternary nitrogens is 2. The minimum absolute atomic E-state index is 0.507. The smallest absolute Gasteiger partial charge is 0.107 e. The molecule has 2 heterocycles. The molecule has 4 nitrogen and oxygen atoms in total. The second kappa shape index (κ2) is 14.1. The van der Waals surface area contributed by atoms with Crippen molar-refractivity contribution >= 4 is 0 Å². The van der Waals surface area contributed by atoms with Crippen LogP contribution in [0.25, 0.3) is 0 Å². The van der Waals surface area contributed by atoms with Gasteiger partial charge in [-0.25, -0.2) is 0 Å². The highest BCUT2D eigenvalue weighted by atomic mass is 16.5. The number of hydrogen-bond donors (Lipinski definition) is 0. The van der Waals surface area contributed by atoms with Gasteiger partial charge in [0.2, 0.25) is 0 Å². The summed E-state index contributed by atoms with van der Waals surface area (Å²) >= 11 is 0. The highest BCUT2D eigenvalue weighted by Crippen LogP contribution is 2.19. The molecule has 0 amide bonds. The Morgan fingerprint density at radius 2 is 0.867 bits per heavy atom. The van der Waals surface area contributed by atoms with Crippen LogP contribution in [-0.2, 0) is 9.47 Å². The van der Waals surface area contributed by atoms with Gasteiger partial charge in [-0.3, -0.25) is 0 Å². The summed E-state index contributed by atoms with van der Waals surface area (Å²) < 4.78 is 14.5. The second-order valence-electron chi connectivity index (χ2n) is 11.5. The monoisotopic (exact) mass is 426 g/mol. The second-order valence-corrected chi connectivity index (χ2v) is 11.5. The number of nitrogens with zero attached hydrogens (tertiary/aromatic N) is 2. The van der Waals surface area contributed by atoms with Gasteiger partial charge in [-0.1, -0.05) is 51.4 Å². The zero-order valence-electron chi connectivity index (χ0n) is 21.0. The molecule has 0 radical (unpaired) electrons. The molecule has 0 aromatic rings. The van der Waals surface area contributed by atoms with Crippen LogP contribution < -0.4 is 0 Å². The largest absolute Gasteiger partial charge is 0.372 e. The number of likely N-dealkylation sites (N-methyl/N-ethyl adjacent to an activating group) is 2. The number of piperidine rings is 2. The fraction of sp³-hybridized carbons (Fsp3) is 1.00. The van der Waals surface area contributed by atoms with Gasteiger partial charge >= 0.3 is 0 Å². The van der Waals surface area contributed by atoms with Gasteiger partial charge in [0, 0.05) is 13.2 Å². The first-order chi connectivity index (χ1) is 14.4. The topological polar surface area (TPSA) is 18.5 Å². The molecule has 0 spiro atoms. The van der Waals surface area contributed by atoms with Crippen molar-refractivity contribution in [2.45, 2.75) is 102 Å². The lowest BCUT2D eigenvalue weighted by Gasteiger charge is -2.37. The molecule has 2 rings (SSSR count). The lowest BCUT2D eigenvalue weighted by Crippen LogP contribution is -2.50. The van der Waals surface area contributed by atoms with Crippen molar-refractivity contribution in [3.05, 3.63) is 0 Å². The quantitative estimate of drug-likeness (QED) is 0.258. The number of ether oxygens (including phenoxy) is 2. The van der Waals surface area contributed by atoms with Gasteiger partial charge in [-0.2, -0.15) is 0 Å². The van der Waals surface area contributed by atoms with Crippen LogP contribution in [0.4, 0.5) is 0 Å². The van der Waals surface area contributed by atoms with Crippen LogP contribution in [-0.4, -0.2) is 88.8 Å². The van der Waals surface area contributed by atoms with E-state index in [0.717, 1.165) is 22.2 Å². The molecule has 2 unspecified atom stereocenters. The highest BCUT2D eigenvalue weighted by molar-refractivity contribution is 4.64. The van der Waals surface area contributed by atoms with E-state index in [-0.39, 0.29) is 0 Å². The average molecular weight is 427 g/mol. The minimum Gasteiger partial charge on any atom is -0.372 e. The van der Waals surface area contributed by atoms with Crippen LogP contribution in [0.5, 0.6) is 0 Å². The van der Waals surface area contributed by atoms with Gasteiger partial charge in [0.25, 0.3) is 0 Å². The number of hydrogen-bond acceptors (Lipinski definition) is 2. The summed E-state index contributed by atoms with van der Waals surface area (Å²) in [6.07, 6.45) is 19.8. The molecule has 0 N–H and O–H groups in total. The van der Waals surface area contributed by atoms with Gasteiger partial charge in [0.05, 0.1) is 41.3 Å². The van der Waals surface area contributed by atoms with Crippen LogP contribution in [0, 0.1) is 0 Å². The molecule has 30 heavy (non-hydrogen) atoms. The molecule has 2 atom stereocenters. The zero-order valence-corrected chi connectivity index (χ0v) is 21.0. The Hall–Kier alpha value is -0.160. The number of likely N-dealkylation sites (tertiary alicyclic amines) is 2. The first-order valence-electron chi connectivity index (χ1n) is 13.2. The molecule has 178 valence electrons. The van der Waals surface area contributed by atoms with E-state index in [2.05, 4.69) is 28.2 Å². The van der Waals surface area contributed by atoms with Crippen molar-refractivity contribution in [3.8, 4) is 0 Å². The van der Waals surface area contributed by atoms with Crippen molar-refractivity contribution in [1.29, 1.82) is 0 Å². The van der Waals surface area contributed by atoms with Gasteiger partial charge in [-0.05, 0) is 38.5 Å². The van der Waals surface area contributed by atoms with E-state index in [1.54, 1.807) is 0 Å². The highest BCUT2D eigenvalue weighted by Gasteiger charge is 2.28. The predicted octanol–water partition coefficient (Wildman–Crippen LogP) is 5.40. The summed E-state index contributed by atoms with van der Waals surface area (Å²) in [5.41, 5.74) is 0. The summed E-state index contributed by atoms with van der Waals surface area (Å²) in [6.45, 7) is 6.97. The summed E-state index contributed by atoms with van der Waals surface area (Å²) in [5.74, 6) is 0. The summed E-state index contributed by atoms with van der Waals surface area (Å²) in [7, 11) is 9.34. The Bertz CT molecular complexity index is 399. The maximum Gasteiger partial charge on any atom is 0.107 e. The van der Waals surface area contributed by atoms with Crippen molar-refractivity contribution in [3.63, 3.8) is 0 Å². The van der Waals surface area contributed by atoms with E-state index in [9.17, 15) is 0 Å². The Balaban J connectivity index is 1.28. The molecule has 2 saturated heterocycles. The fourth-order valence-electron chi connectivity index (χ4n) is 5.35. The molecule has 2 aliphatic rings. The molecule has 0 saturated carbocycles. The molecule has 2 aliphatic heterocycles. The summed E-state index contributed by atoms with van der Waals surface area (Å²) in [4.78, 5) is 0. The lowest BCUT2D eigenvalue weighted by atomic mass is 10.1. The van der Waals surface area contributed by atoms with Crippen molar-refractivity contribution in [2.75, 3.05) is 67.6 Å². The predicted molar refractivity (Wildman–Crippen MR) is 128 cm³/mol. The number of rotatable bonds is 15. The molecule has 4 heteroatoms. The van der Waals surface area contributed by atoms with Crippen molar-refractivity contribution in [1.82, 2.24) is 0 Å². The van der Waals surface area contributed by atoms with Crippen LogP contribution in [0.3, 0.4) is 0 Å². The SMILES string of the molecule is C[N+]1(C)CCCC(OCCCCCCCCCCCCOC2CCC[N+](C)(C)C2)C1. The molecule has 0 bridgehead atoms. The standard InChI is InChI=1S/C26H54N2O2/c1-27(2)19-15-17-25(23-27)29-21-13-11-9-7-5-6-8-10-12-14-22-30-26-18-16-20-28(3,4)24-26/h25-26H,5-24H2,1-4H3/q+2. The zero-order chi connectivity index (χ0) is 21.7. The third-order valence-electron chi connectivity index (χ3n) is 7.22. The minimum atomic E-state index is 0.507. The maximum absolute atomic E-state index is 6.13. The Morgan fingerprint density at radius 1 is 0.533 bits per heavy atom. The molecular weight excluding hydrogens is 372 g/mol. The van der Waals surface area contributed by atoms with E-state index in [0.29, 0.717) is 12.2 Å². The van der Waals surface area contributed by atoms with E-state index in [1.807, 2.05) is 0 Å². The fourth-order valence-corrected chi connectivity index (χ4v) is 5.35. The Labute approximate surface area is 188 Å². The lowest BCUT2D eigenvalue weighted by molar-refractivity contribution is -0.898. The van der Waals surface area contributed by atoms with Crippen molar-refractivity contribution in [2.24, 2.45) is 0 Å². The average Bonchev–Trinajstić information content (AvgIpc) is 2.67. The summed E-state index contributed by atoms with van der Waals surface area (Å²) in [5, 5.41) is 0. The van der Waals surface area contributed by atoms with Gasteiger partial charge in [-0.15, -0.1) is 0 Å². The van der Waals surface area contributed by atoms with E-state index < -0.39 is 0 Å².